The number of ether oxygens (including phenoxy) is 3. The minimum atomic E-state index is -0.114. The molecule has 1 heterocycles. The zero-order valence-corrected chi connectivity index (χ0v) is 14.0. The predicted octanol–water partition coefficient (Wildman–Crippen LogP) is 3.03. The summed E-state index contributed by atoms with van der Waals surface area (Å²) in [6.45, 7) is 1.06. The molecule has 0 spiro atoms. The first-order chi connectivity index (χ1) is 12.3. The average molecular weight is 339 g/mol. The zero-order valence-electron chi connectivity index (χ0n) is 14.0. The van der Waals surface area contributed by atoms with Gasteiger partial charge in [0, 0.05) is 6.07 Å². The summed E-state index contributed by atoms with van der Waals surface area (Å²) in [6.07, 6.45) is 3.13. The Balaban J connectivity index is 1.36. The van der Waals surface area contributed by atoms with E-state index in [1.807, 2.05) is 12.1 Å². The van der Waals surface area contributed by atoms with E-state index in [-0.39, 0.29) is 18.6 Å². The molecule has 4 rings (SSSR count). The van der Waals surface area contributed by atoms with Gasteiger partial charge in [0.2, 0.25) is 0 Å². The topological polar surface area (TPSA) is 56.8 Å². The van der Waals surface area contributed by atoms with Crippen molar-refractivity contribution in [3.05, 3.63) is 53.6 Å². The molecule has 1 amide bonds. The van der Waals surface area contributed by atoms with E-state index >= 15 is 0 Å². The standard InChI is InChI=1S/C20H21NO4/c22-20(21-17-7-3-5-14-4-1-2-6-16(14)17)13-25-15-8-9-18-19(12-15)24-11-10-23-18/h1-2,4,6,8-9,12,17H,3,5,7,10-11,13H2,(H,21,22). The summed E-state index contributed by atoms with van der Waals surface area (Å²) >= 11 is 0. The van der Waals surface area contributed by atoms with Crippen LogP contribution in [0.5, 0.6) is 17.2 Å². The maximum Gasteiger partial charge on any atom is 0.258 e. The zero-order chi connectivity index (χ0) is 17.1. The minimum Gasteiger partial charge on any atom is -0.486 e. The van der Waals surface area contributed by atoms with Crippen LogP contribution in [-0.4, -0.2) is 25.7 Å². The molecular formula is C20H21NO4. The summed E-state index contributed by atoms with van der Waals surface area (Å²) in [7, 11) is 0. The maximum absolute atomic E-state index is 12.3. The van der Waals surface area contributed by atoms with Gasteiger partial charge in [0.25, 0.3) is 5.91 Å². The fraction of sp³-hybridized carbons (Fsp3) is 0.350. The molecule has 1 aliphatic carbocycles. The molecule has 0 saturated carbocycles. The molecule has 0 fully saturated rings. The molecule has 2 aliphatic rings. The van der Waals surface area contributed by atoms with Crippen LogP contribution in [0.4, 0.5) is 0 Å². The van der Waals surface area contributed by atoms with Crippen LogP contribution in [0.15, 0.2) is 42.5 Å². The molecule has 1 N–H and O–H groups in total. The van der Waals surface area contributed by atoms with Crippen LogP contribution in [0.1, 0.15) is 30.0 Å². The molecule has 2 aromatic rings. The molecule has 25 heavy (non-hydrogen) atoms. The van der Waals surface area contributed by atoms with E-state index in [0.717, 1.165) is 19.3 Å². The van der Waals surface area contributed by atoms with E-state index in [1.165, 1.54) is 11.1 Å². The van der Waals surface area contributed by atoms with Crippen LogP contribution in [0.3, 0.4) is 0 Å². The molecule has 130 valence electrons. The van der Waals surface area contributed by atoms with Gasteiger partial charge in [-0.2, -0.15) is 0 Å². The number of carbonyl (C=O) groups excluding carboxylic acids is 1. The Morgan fingerprint density at radius 3 is 2.88 bits per heavy atom. The summed E-state index contributed by atoms with van der Waals surface area (Å²) in [4.78, 5) is 12.3. The molecule has 0 bridgehead atoms. The summed E-state index contributed by atoms with van der Waals surface area (Å²) < 4.78 is 16.6. The third kappa shape index (κ3) is 3.55. The molecule has 0 saturated heterocycles. The number of hydrogen-bond acceptors (Lipinski definition) is 4. The van der Waals surface area contributed by atoms with Crippen LogP contribution in [0, 0.1) is 0 Å². The molecular weight excluding hydrogens is 318 g/mol. The third-order valence-electron chi connectivity index (χ3n) is 4.59. The van der Waals surface area contributed by atoms with Crippen molar-refractivity contribution in [1.29, 1.82) is 0 Å². The second-order valence-corrected chi connectivity index (χ2v) is 6.31. The number of aryl methyl sites for hydroxylation is 1. The van der Waals surface area contributed by atoms with E-state index < -0.39 is 0 Å². The van der Waals surface area contributed by atoms with Crippen LogP contribution < -0.4 is 19.5 Å². The Morgan fingerprint density at radius 2 is 1.96 bits per heavy atom. The van der Waals surface area contributed by atoms with Crippen molar-refractivity contribution >= 4 is 5.91 Å². The lowest BCUT2D eigenvalue weighted by Gasteiger charge is -2.26. The van der Waals surface area contributed by atoms with Gasteiger partial charge in [-0.3, -0.25) is 4.79 Å². The van der Waals surface area contributed by atoms with Gasteiger partial charge >= 0.3 is 0 Å². The fourth-order valence-corrected chi connectivity index (χ4v) is 3.40. The number of fused-ring (bicyclic) bond motifs is 2. The number of hydrogen-bond donors (Lipinski definition) is 1. The molecule has 1 unspecified atom stereocenters. The largest absolute Gasteiger partial charge is 0.486 e. The average Bonchev–Trinajstić information content (AvgIpc) is 2.66. The van der Waals surface area contributed by atoms with Crippen molar-refractivity contribution in [3.63, 3.8) is 0 Å². The van der Waals surface area contributed by atoms with E-state index in [1.54, 1.807) is 18.2 Å². The van der Waals surface area contributed by atoms with Crippen LogP contribution >= 0.6 is 0 Å². The van der Waals surface area contributed by atoms with Gasteiger partial charge in [0.15, 0.2) is 18.1 Å². The van der Waals surface area contributed by atoms with E-state index in [4.69, 9.17) is 14.2 Å². The molecule has 5 heteroatoms. The number of amides is 1. The van der Waals surface area contributed by atoms with Gasteiger partial charge in [-0.05, 0) is 42.5 Å². The number of rotatable bonds is 4. The monoisotopic (exact) mass is 339 g/mol. The lowest BCUT2D eigenvalue weighted by molar-refractivity contribution is -0.124. The summed E-state index contributed by atoms with van der Waals surface area (Å²) in [5.41, 5.74) is 2.55. The first kappa shape index (κ1) is 15.8. The summed E-state index contributed by atoms with van der Waals surface area (Å²) in [6, 6.07) is 13.7. The highest BCUT2D eigenvalue weighted by Crippen LogP contribution is 2.33. The quantitative estimate of drug-likeness (QED) is 0.930. The number of benzene rings is 2. The Hall–Kier alpha value is -2.69. The van der Waals surface area contributed by atoms with Crippen LogP contribution in [-0.2, 0) is 11.2 Å². The highest BCUT2D eigenvalue weighted by atomic mass is 16.6. The van der Waals surface area contributed by atoms with Gasteiger partial charge in [0.05, 0.1) is 6.04 Å². The van der Waals surface area contributed by atoms with Crippen molar-refractivity contribution in [1.82, 2.24) is 5.32 Å². The Labute approximate surface area is 146 Å². The minimum absolute atomic E-state index is 0.0156. The highest BCUT2D eigenvalue weighted by Gasteiger charge is 2.21. The molecule has 2 aromatic carbocycles. The maximum atomic E-state index is 12.3. The van der Waals surface area contributed by atoms with Crippen LogP contribution in [0.2, 0.25) is 0 Å². The molecule has 1 atom stereocenters. The first-order valence-corrected chi connectivity index (χ1v) is 8.69. The van der Waals surface area contributed by atoms with Gasteiger partial charge in [-0.15, -0.1) is 0 Å². The molecule has 1 aliphatic heterocycles. The van der Waals surface area contributed by atoms with Crippen LogP contribution in [0.25, 0.3) is 0 Å². The Kier molecular flexibility index (Phi) is 4.46. The van der Waals surface area contributed by atoms with Gasteiger partial charge in [-0.1, -0.05) is 24.3 Å². The lowest BCUT2D eigenvalue weighted by atomic mass is 9.88. The van der Waals surface area contributed by atoms with Crippen molar-refractivity contribution in [2.45, 2.75) is 25.3 Å². The second kappa shape index (κ2) is 7.05. The van der Waals surface area contributed by atoms with E-state index in [9.17, 15) is 4.79 Å². The number of carbonyl (C=O) groups is 1. The van der Waals surface area contributed by atoms with Crippen molar-refractivity contribution in [2.24, 2.45) is 0 Å². The summed E-state index contributed by atoms with van der Waals surface area (Å²) in [5, 5.41) is 3.09. The van der Waals surface area contributed by atoms with Crippen molar-refractivity contribution in [2.75, 3.05) is 19.8 Å². The predicted molar refractivity (Wildman–Crippen MR) is 93.2 cm³/mol. The lowest BCUT2D eigenvalue weighted by Crippen LogP contribution is -2.34. The Morgan fingerprint density at radius 1 is 1.12 bits per heavy atom. The smallest absolute Gasteiger partial charge is 0.258 e. The van der Waals surface area contributed by atoms with Gasteiger partial charge < -0.3 is 19.5 Å². The number of nitrogens with one attached hydrogen (secondary N) is 1. The SMILES string of the molecule is O=C(COc1ccc2c(c1)OCCO2)NC1CCCc2ccccc21. The fourth-order valence-electron chi connectivity index (χ4n) is 3.40. The van der Waals surface area contributed by atoms with Gasteiger partial charge in [0.1, 0.15) is 19.0 Å². The van der Waals surface area contributed by atoms with E-state index in [2.05, 4.69) is 17.4 Å². The molecule has 5 nitrogen and oxygen atoms in total. The second-order valence-electron chi connectivity index (χ2n) is 6.31. The van der Waals surface area contributed by atoms with Crippen molar-refractivity contribution in [3.8, 4) is 17.2 Å². The Bertz CT molecular complexity index is 774. The summed E-state index contributed by atoms with van der Waals surface area (Å²) in [5.74, 6) is 1.85. The highest BCUT2D eigenvalue weighted by molar-refractivity contribution is 5.78. The molecule has 0 aromatic heterocycles. The van der Waals surface area contributed by atoms with E-state index in [0.29, 0.717) is 30.5 Å². The van der Waals surface area contributed by atoms with Gasteiger partial charge in [-0.25, -0.2) is 0 Å². The van der Waals surface area contributed by atoms with Crippen molar-refractivity contribution < 1.29 is 19.0 Å². The molecule has 0 radical (unpaired) electrons. The third-order valence-corrected chi connectivity index (χ3v) is 4.59. The first-order valence-electron chi connectivity index (χ1n) is 8.69. The normalized spacial score (nSPS) is 18.2.